The first-order valence-corrected chi connectivity index (χ1v) is 6.71. The van der Waals surface area contributed by atoms with Gasteiger partial charge < -0.3 is 20.1 Å². The van der Waals surface area contributed by atoms with Gasteiger partial charge in [0, 0.05) is 39.1 Å². The highest BCUT2D eigenvalue weighted by atomic mass is 16.2. The summed E-state index contributed by atoms with van der Waals surface area (Å²) in [7, 11) is 3.83. The molecule has 2 N–H and O–H groups in total. The molecule has 112 valence electrons. The first-order valence-electron chi connectivity index (χ1n) is 6.71. The molecule has 2 heterocycles. The van der Waals surface area contributed by atoms with Crippen LogP contribution in [-0.4, -0.2) is 40.7 Å². The van der Waals surface area contributed by atoms with E-state index in [0.717, 1.165) is 5.82 Å². The predicted molar refractivity (Wildman–Crippen MR) is 82.4 cm³/mol. The molecule has 21 heavy (non-hydrogen) atoms. The molecule has 2 rings (SSSR count). The van der Waals surface area contributed by atoms with E-state index in [4.69, 9.17) is 0 Å². The van der Waals surface area contributed by atoms with Crippen LogP contribution < -0.4 is 15.5 Å². The third-order valence-electron chi connectivity index (χ3n) is 2.89. The topological polar surface area (TPSA) is 75.1 Å². The number of anilines is 2. The fourth-order valence-electron chi connectivity index (χ4n) is 1.87. The van der Waals surface area contributed by atoms with Gasteiger partial charge in [-0.3, -0.25) is 0 Å². The van der Waals surface area contributed by atoms with Crippen LogP contribution in [0.2, 0.25) is 0 Å². The van der Waals surface area contributed by atoms with Crippen molar-refractivity contribution < 1.29 is 4.79 Å². The summed E-state index contributed by atoms with van der Waals surface area (Å²) in [5.74, 6) is 0.842. The Morgan fingerprint density at radius 3 is 2.81 bits per heavy atom. The molecule has 7 heteroatoms. The van der Waals surface area contributed by atoms with Crippen molar-refractivity contribution in [3.05, 3.63) is 37.1 Å². The number of pyridine rings is 1. The Balaban J connectivity index is 1.83. The zero-order valence-electron chi connectivity index (χ0n) is 12.4. The van der Waals surface area contributed by atoms with Crippen molar-refractivity contribution in [3.63, 3.8) is 0 Å². The molecule has 1 unspecified atom stereocenters. The monoisotopic (exact) mass is 288 g/mol. The summed E-state index contributed by atoms with van der Waals surface area (Å²) in [6.45, 7) is 2.61. The largest absolute Gasteiger partial charge is 0.363 e. The lowest BCUT2D eigenvalue weighted by Crippen LogP contribution is -2.38. The van der Waals surface area contributed by atoms with E-state index in [1.165, 1.54) is 0 Å². The first-order chi connectivity index (χ1) is 10.0. The predicted octanol–water partition coefficient (Wildman–Crippen LogP) is 1.55. The molecule has 7 nitrogen and oxygen atoms in total. The molecule has 0 aliphatic carbocycles. The number of amides is 2. The summed E-state index contributed by atoms with van der Waals surface area (Å²) < 4.78 is 1.92. The van der Waals surface area contributed by atoms with Crippen LogP contribution in [0.4, 0.5) is 16.3 Å². The van der Waals surface area contributed by atoms with Crippen LogP contribution >= 0.6 is 0 Å². The lowest BCUT2D eigenvalue weighted by atomic mass is 10.3. The molecule has 0 bridgehead atoms. The molecule has 0 aliphatic rings. The average molecular weight is 288 g/mol. The van der Waals surface area contributed by atoms with E-state index >= 15 is 0 Å². The lowest BCUT2D eigenvalue weighted by molar-refractivity contribution is 0.248. The Hall–Kier alpha value is -2.57. The van der Waals surface area contributed by atoms with Gasteiger partial charge in [0.05, 0.1) is 18.2 Å². The fraction of sp³-hybridized carbons (Fsp3) is 0.357. The van der Waals surface area contributed by atoms with Gasteiger partial charge in [-0.1, -0.05) is 0 Å². The van der Waals surface area contributed by atoms with Crippen LogP contribution in [0.5, 0.6) is 0 Å². The zero-order valence-corrected chi connectivity index (χ0v) is 12.4. The molecule has 0 aliphatic heterocycles. The molecule has 0 spiro atoms. The molecule has 0 fully saturated rings. The number of urea groups is 1. The number of rotatable bonds is 5. The van der Waals surface area contributed by atoms with E-state index in [-0.39, 0.29) is 12.1 Å². The molecule has 1 atom stereocenters. The third-order valence-corrected chi connectivity index (χ3v) is 2.89. The van der Waals surface area contributed by atoms with E-state index in [1.807, 2.05) is 48.8 Å². The normalized spacial score (nSPS) is 11.8. The minimum Gasteiger partial charge on any atom is -0.363 e. The average Bonchev–Trinajstić information content (AvgIpc) is 2.91. The Morgan fingerprint density at radius 2 is 2.24 bits per heavy atom. The number of carbonyl (C=O) groups is 1. The van der Waals surface area contributed by atoms with Crippen molar-refractivity contribution in [2.75, 3.05) is 24.3 Å². The molecule has 0 aromatic carbocycles. The van der Waals surface area contributed by atoms with Crippen LogP contribution in [-0.2, 0) is 6.54 Å². The standard InChI is InChI=1S/C14H20N6O/c1-11(9-20-7-6-15-10-20)17-14(21)18-12-4-5-13(16-8-12)19(2)3/h4-8,10-11H,9H2,1-3H3,(H2,17,18,21). The van der Waals surface area contributed by atoms with Gasteiger partial charge >= 0.3 is 6.03 Å². The van der Waals surface area contributed by atoms with Gasteiger partial charge in [-0.25, -0.2) is 14.8 Å². The maximum Gasteiger partial charge on any atom is 0.319 e. The van der Waals surface area contributed by atoms with Crippen molar-refractivity contribution in [3.8, 4) is 0 Å². The second kappa shape index (κ2) is 6.74. The van der Waals surface area contributed by atoms with E-state index < -0.39 is 0 Å². The maximum absolute atomic E-state index is 11.9. The van der Waals surface area contributed by atoms with Crippen LogP contribution in [0.25, 0.3) is 0 Å². The number of nitrogens with one attached hydrogen (secondary N) is 2. The van der Waals surface area contributed by atoms with Gasteiger partial charge in [-0.2, -0.15) is 0 Å². The minimum absolute atomic E-state index is 0.00629. The zero-order chi connectivity index (χ0) is 15.2. The van der Waals surface area contributed by atoms with E-state index in [1.54, 1.807) is 18.7 Å². The van der Waals surface area contributed by atoms with Gasteiger partial charge in [0.2, 0.25) is 0 Å². The summed E-state index contributed by atoms with van der Waals surface area (Å²) in [4.78, 5) is 22.0. The lowest BCUT2D eigenvalue weighted by Gasteiger charge is -2.15. The van der Waals surface area contributed by atoms with Crippen molar-refractivity contribution in [2.45, 2.75) is 19.5 Å². The number of hydrogen-bond acceptors (Lipinski definition) is 4. The highest BCUT2D eigenvalue weighted by Gasteiger charge is 2.08. The fourth-order valence-corrected chi connectivity index (χ4v) is 1.87. The highest BCUT2D eigenvalue weighted by Crippen LogP contribution is 2.11. The summed E-state index contributed by atoms with van der Waals surface area (Å²) in [6, 6.07) is 3.42. The second-order valence-electron chi connectivity index (χ2n) is 5.06. The van der Waals surface area contributed by atoms with Crippen molar-refractivity contribution in [1.29, 1.82) is 0 Å². The summed E-state index contributed by atoms with van der Waals surface area (Å²) in [6.07, 6.45) is 6.93. The van der Waals surface area contributed by atoms with Crippen LogP contribution in [0.1, 0.15) is 6.92 Å². The Labute approximate surface area is 124 Å². The van der Waals surface area contributed by atoms with Gasteiger partial charge in [0.15, 0.2) is 0 Å². The number of carbonyl (C=O) groups excluding carboxylic acids is 1. The Kier molecular flexibility index (Phi) is 4.76. The molecule has 0 saturated heterocycles. The Morgan fingerprint density at radius 1 is 1.43 bits per heavy atom. The number of nitrogens with zero attached hydrogens (tertiary/aromatic N) is 4. The first kappa shape index (κ1) is 14.8. The van der Waals surface area contributed by atoms with E-state index in [0.29, 0.717) is 12.2 Å². The van der Waals surface area contributed by atoms with Crippen molar-refractivity contribution in [2.24, 2.45) is 0 Å². The van der Waals surface area contributed by atoms with Crippen molar-refractivity contribution >= 4 is 17.5 Å². The molecule has 2 aromatic heterocycles. The van der Waals surface area contributed by atoms with Gasteiger partial charge in [0.1, 0.15) is 5.82 Å². The van der Waals surface area contributed by atoms with Gasteiger partial charge in [-0.15, -0.1) is 0 Å². The summed E-state index contributed by atoms with van der Waals surface area (Å²) in [5.41, 5.74) is 0.660. The van der Waals surface area contributed by atoms with E-state index in [2.05, 4.69) is 20.6 Å². The van der Waals surface area contributed by atoms with Crippen LogP contribution in [0.15, 0.2) is 37.1 Å². The number of imidazole rings is 1. The van der Waals surface area contributed by atoms with Gasteiger partial charge in [0.25, 0.3) is 0 Å². The number of aromatic nitrogens is 3. The van der Waals surface area contributed by atoms with Crippen molar-refractivity contribution in [1.82, 2.24) is 19.9 Å². The molecular formula is C14H20N6O. The molecular weight excluding hydrogens is 268 g/mol. The second-order valence-corrected chi connectivity index (χ2v) is 5.06. The van der Waals surface area contributed by atoms with E-state index in [9.17, 15) is 4.79 Å². The van der Waals surface area contributed by atoms with Crippen LogP contribution in [0.3, 0.4) is 0 Å². The molecule has 2 amide bonds. The smallest absolute Gasteiger partial charge is 0.319 e. The third kappa shape index (κ3) is 4.48. The summed E-state index contributed by atoms with van der Waals surface area (Å²) in [5, 5.41) is 5.63. The van der Waals surface area contributed by atoms with Gasteiger partial charge in [-0.05, 0) is 19.1 Å². The Bertz CT molecular complexity index is 564. The molecule has 2 aromatic rings. The number of hydrogen-bond donors (Lipinski definition) is 2. The van der Waals surface area contributed by atoms with Crippen LogP contribution in [0, 0.1) is 0 Å². The summed E-state index contributed by atoms with van der Waals surface area (Å²) >= 11 is 0. The minimum atomic E-state index is -0.248. The maximum atomic E-state index is 11.9. The molecule has 0 radical (unpaired) electrons. The quantitative estimate of drug-likeness (QED) is 0.875. The SMILES string of the molecule is CC(Cn1ccnc1)NC(=O)Nc1ccc(N(C)C)nc1. The molecule has 0 saturated carbocycles. The highest BCUT2D eigenvalue weighted by molar-refractivity contribution is 5.89.